The van der Waals surface area contributed by atoms with E-state index in [0.717, 1.165) is 79.5 Å². The number of hydrogen-bond acceptors (Lipinski definition) is 4. The van der Waals surface area contributed by atoms with Crippen LogP contribution in [0.5, 0.6) is 0 Å². The summed E-state index contributed by atoms with van der Waals surface area (Å²) in [5, 5.41) is 5.72. The van der Waals surface area contributed by atoms with Crippen LogP contribution in [0, 0.1) is 0 Å². The predicted molar refractivity (Wildman–Crippen MR) is 234 cm³/mol. The molecule has 0 aliphatic heterocycles. The normalized spacial score (nSPS) is 12.5. The molecule has 0 fully saturated rings. The van der Waals surface area contributed by atoms with Gasteiger partial charge in [0.15, 0.2) is 17.5 Å². The van der Waals surface area contributed by atoms with Crippen LogP contribution in [0.3, 0.4) is 0 Å². The first-order chi connectivity index (χ1) is 28.2. The van der Waals surface area contributed by atoms with Crippen molar-refractivity contribution in [3.63, 3.8) is 0 Å². The third kappa shape index (κ3) is 5.90. The zero-order valence-electron chi connectivity index (χ0n) is 31.1. The lowest BCUT2D eigenvalue weighted by Gasteiger charge is -2.16. The summed E-state index contributed by atoms with van der Waals surface area (Å²) in [6.45, 7) is 0. The van der Waals surface area contributed by atoms with Crippen LogP contribution in [0.4, 0.5) is 0 Å². The average Bonchev–Trinajstić information content (AvgIpc) is 3.67. The minimum atomic E-state index is 0.608. The minimum Gasteiger partial charge on any atom is -0.460 e. The molecule has 1 aliphatic rings. The molecule has 0 amide bonds. The Bertz CT molecular complexity index is 3170. The van der Waals surface area contributed by atoms with Crippen molar-refractivity contribution >= 4 is 44.2 Å². The van der Waals surface area contributed by atoms with E-state index in [4.69, 9.17) is 19.4 Å². The van der Waals surface area contributed by atoms with E-state index in [1.165, 1.54) is 27.3 Å². The number of aryl methyl sites for hydroxylation is 1. The monoisotopic (exact) mass is 729 g/mol. The lowest BCUT2D eigenvalue weighted by molar-refractivity contribution is 0.548. The number of benzene rings is 8. The van der Waals surface area contributed by atoms with Crippen molar-refractivity contribution in [3.8, 4) is 56.4 Å². The van der Waals surface area contributed by atoms with E-state index in [2.05, 4.69) is 182 Å². The molecule has 268 valence electrons. The lowest BCUT2D eigenvalue weighted by atomic mass is 9.90. The van der Waals surface area contributed by atoms with Crippen LogP contribution < -0.4 is 0 Å². The predicted octanol–water partition coefficient (Wildman–Crippen LogP) is 13.7. The number of allylic oxidation sites excluding steroid dienone is 1. The first-order valence-electron chi connectivity index (χ1n) is 19.5. The van der Waals surface area contributed by atoms with Gasteiger partial charge in [-0.3, -0.25) is 0 Å². The number of aromatic nitrogens is 3. The quantitative estimate of drug-likeness (QED) is 0.171. The van der Waals surface area contributed by atoms with Crippen LogP contribution in [-0.2, 0) is 6.42 Å². The summed E-state index contributed by atoms with van der Waals surface area (Å²) in [4.78, 5) is 15.9. The second kappa shape index (κ2) is 13.7. The van der Waals surface area contributed by atoms with Gasteiger partial charge in [0.05, 0.1) is 0 Å². The highest BCUT2D eigenvalue weighted by molar-refractivity contribution is 6.04. The fourth-order valence-corrected chi connectivity index (χ4v) is 8.44. The summed E-state index contributed by atoms with van der Waals surface area (Å²) in [6.07, 6.45) is 4.06. The maximum Gasteiger partial charge on any atom is 0.164 e. The molecule has 57 heavy (non-hydrogen) atoms. The van der Waals surface area contributed by atoms with Crippen molar-refractivity contribution in [3.05, 3.63) is 199 Å². The largest absolute Gasteiger partial charge is 0.460 e. The van der Waals surface area contributed by atoms with Gasteiger partial charge in [0, 0.05) is 34.1 Å². The minimum absolute atomic E-state index is 0.608. The van der Waals surface area contributed by atoms with Gasteiger partial charge in [0.25, 0.3) is 0 Å². The Labute approximate surface area is 330 Å². The van der Waals surface area contributed by atoms with E-state index in [0.29, 0.717) is 17.5 Å². The molecule has 0 radical (unpaired) electrons. The summed E-state index contributed by atoms with van der Waals surface area (Å²) in [5.74, 6) is 2.84. The van der Waals surface area contributed by atoms with Crippen LogP contribution in [0.25, 0.3) is 101 Å². The van der Waals surface area contributed by atoms with E-state index < -0.39 is 0 Å². The standard InChI is InChI=1S/C53H35N3O/c1-3-13-34(14-4-1)39-28-30-48-47(32-39)50-45(23-12-24-49(50)57-48)53-55-51(40-26-25-35-15-7-8-19-38(35)31-40)54-52(56-53)41-27-29-43(36-16-5-2-6-17-36)46(33-41)44-22-11-20-37-18-9-10-21-42(37)44/h1-27,29,31-33H,28,30H2. The third-order valence-corrected chi connectivity index (χ3v) is 11.2. The smallest absolute Gasteiger partial charge is 0.164 e. The molecule has 0 saturated heterocycles. The lowest BCUT2D eigenvalue weighted by Crippen LogP contribution is -2.01. The molecule has 0 bridgehead atoms. The van der Waals surface area contributed by atoms with Crippen molar-refractivity contribution < 1.29 is 4.42 Å². The van der Waals surface area contributed by atoms with Crippen molar-refractivity contribution in [1.29, 1.82) is 0 Å². The molecule has 0 N–H and O–H groups in total. The van der Waals surface area contributed by atoms with Crippen LogP contribution in [-0.4, -0.2) is 15.0 Å². The fourth-order valence-electron chi connectivity index (χ4n) is 8.44. The van der Waals surface area contributed by atoms with Crippen molar-refractivity contribution in [2.45, 2.75) is 12.8 Å². The number of rotatable bonds is 6. The zero-order chi connectivity index (χ0) is 37.7. The van der Waals surface area contributed by atoms with Gasteiger partial charge in [-0.15, -0.1) is 0 Å². The Balaban J connectivity index is 1.15. The van der Waals surface area contributed by atoms with Crippen LogP contribution in [0.15, 0.2) is 186 Å². The van der Waals surface area contributed by atoms with Gasteiger partial charge in [-0.25, -0.2) is 15.0 Å². The number of nitrogens with zero attached hydrogens (tertiary/aromatic N) is 3. The van der Waals surface area contributed by atoms with Crippen LogP contribution in [0.2, 0.25) is 0 Å². The molecule has 10 aromatic rings. The van der Waals surface area contributed by atoms with Crippen LogP contribution in [0.1, 0.15) is 23.3 Å². The van der Waals surface area contributed by atoms with Gasteiger partial charge in [-0.2, -0.15) is 0 Å². The number of hydrogen-bond donors (Lipinski definition) is 0. The summed E-state index contributed by atoms with van der Waals surface area (Å²) < 4.78 is 6.55. The van der Waals surface area contributed by atoms with Gasteiger partial charge < -0.3 is 4.42 Å². The molecule has 0 spiro atoms. The summed E-state index contributed by atoms with van der Waals surface area (Å²) >= 11 is 0. The van der Waals surface area contributed by atoms with E-state index in [9.17, 15) is 0 Å². The maximum absolute atomic E-state index is 6.55. The summed E-state index contributed by atoms with van der Waals surface area (Å²) in [5.41, 5.74) is 11.8. The molecule has 0 atom stereocenters. The second-order valence-electron chi connectivity index (χ2n) is 14.7. The van der Waals surface area contributed by atoms with Gasteiger partial charge in [-0.05, 0) is 85.6 Å². The molecule has 0 unspecified atom stereocenters. The number of fused-ring (bicyclic) bond motifs is 5. The molecule has 4 heteroatoms. The number of furan rings is 1. The van der Waals surface area contributed by atoms with Gasteiger partial charge in [-0.1, -0.05) is 164 Å². The van der Waals surface area contributed by atoms with Crippen molar-refractivity contribution in [1.82, 2.24) is 15.0 Å². The Morgan fingerprint density at radius 3 is 1.84 bits per heavy atom. The highest BCUT2D eigenvalue weighted by Crippen LogP contribution is 2.42. The highest BCUT2D eigenvalue weighted by Gasteiger charge is 2.24. The van der Waals surface area contributed by atoms with E-state index >= 15 is 0 Å². The Hall–Kier alpha value is -7.43. The van der Waals surface area contributed by atoms with Gasteiger partial charge >= 0.3 is 0 Å². The average molecular weight is 730 g/mol. The van der Waals surface area contributed by atoms with E-state index in [1.807, 2.05) is 6.07 Å². The van der Waals surface area contributed by atoms with Crippen LogP contribution >= 0.6 is 0 Å². The molecule has 2 aromatic heterocycles. The molecule has 8 aromatic carbocycles. The van der Waals surface area contributed by atoms with Gasteiger partial charge in [0.1, 0.15) is 11.3 Å². The first-order valence-corrected chi connectivity index (χ1v) is 19.5. The fraction of sp³-hybridized carbons (Fsp3) is 0.0377. The molecule has 1 aliphatic carbocycles. The SMILES string of the molecule is C1=C(c2ccccc2)CCc2oc3cccc(-c4nc(-c5ccc(-c6ccccc6)c(-c6cccc7ccccc67)c5)nc(-c5ccc6ccccc6c5)n4)c3c21. The van der Waals surface area contributed by atoms with Gasteiger partial charge in [0.2, 0.25) is 0 Å². The Morgan fingerprint density at radius 2 is 1.02 bits per heavy atom. The van der Waals surface area contributed by atoms with E-state index in [1.54, 1.807) is 0 Å². The second-order valence-corrected chi connectivity index (χ2v) is 14.7. The molecule has 11 rings (SSSR count). The third-order valence-electron chi connectivity index (χ3n) is 11.2. The zero-order valence-corrected chi connectivity index (χ0v) is 31.1. The highest BCUT2D eigenvalue weighted by atomic mass is 16.3. The summed E-state index contributed by atoms with van der Waals surface area (Å²) in [6, 6.07) is 64.0. The van der Waals surface area contributed by atoms with Crippen molar-refractivity contribution in [2.24, 2.45) is 0 Å². The topological polar surface area (TPSA) is 51.8 Å². The molecule has 2 heterocycles. The Morgan fingerprint density at radius 1 is 0.386 bits per heavy atom. The van der Waals surface area contributed by atoms with E-state index in [-0.39, 0.29) is 0 Å². The summed E-state index contributed by atoms with van der Waals surface area (Å²) in [7, 11) is 0. The molecule has 0 saturated carbocycles. The van der Waals surface area contributed by atoms with Crippen molar-refractivity contribution in [2.75, 3.05) is 0 Å². The molecular formula is C53H35N3O. The Kier molecular flexibility index (Phi) is 7.92. The molecule has 4 nitrogen and oxygen atoms in total. The maximum atomic E-state index is 6.55. The first kappa shape index (κ1) is 33.0. The molecular weight excluding hydrogens is 695 g/mol.